The Kier molecular flexibility index (Phi) is 6.65. The van der Waals surface area contributed by atoms with Gasteiger partial charge in [-0.1, -0.05) is 42.0 Å². The van der Waals surface area contributed by atoms with E-state index in [-0.39, 0.29) is 24.3 Å². The van der Waals surface area contributed by atoms with E-state index in [4.69, 9.17) is 16.3 Å². The van der Waals surface area contributed by atoms with Crippen molar-refractivity contribution in [1.82, 2.24) is 0 Å². The Morgan fingerprint density at radius 2 is 2.14 bits per heavy atom. The van der Waals surface area contributed by atoms with Crippen molar-refractivity contribution in [3.63, 3.8) is 0 Å². The molecule has 114 valence electrons. The summed E-state index contributed by atoms with van der Waals surface area (Å²) >= 11 is 7.94. The molecule has 1 aromatic heterocycles. The second kappa shape index (κ2) is 7.78. The number of aromatic nitrogens is 1. The van der Waals surface area contributed by atoms with E-state index in [1.54, 1.807) is 11.3 Å². The zero-order chi connectivity index (χ0) is 14.7. The van der Waals surface area contributed by atoms with Crippen molar-refractivity contribution in [2.45, 2.75) is 13.3 Å². The highest BCUT2D eigenvalue weighted by molar-refractivity contribution is 7.18. The quantitative estimate of drug-likeness (QED) is 0.597. The summed E-state index contributed by atoms with van der Waals surface area (Å²) in [6, 6.07) is 8.20. The maximum absolute atomic E-state index is 11.4. The van der Waals surface area contributed by atoms with Crippen LogP contribution in [0.15, 0.2) is 29.3 Å². The van der Waals surface area contributed by atoms with Crippen LogP contribution in [-0.4, -0.2) is 13.1 Å². The van der Waals surface area contributed by atoms with Crippen molar-refractivity contribution in [2.75, 3.05) is 7.11 Å². The van der Waals surface area contributed by atoms with E-state index < -0.39 is 0 Å². The van der Waals surface area contributed by atoms with E-state index in [1.165, 1.54) is 17.3 Å². The van der Waals surface area contributed by atoms with Gasteiger partial charge in [-0.2, -0.15) is 4.57 Å². The van der Waals surface area contributed by atoms with Crippen molar-refractivity contribution in [3.05, 3.63) is 34.3 Å². The van der Waals surface area contributed by atoms with Gasteiger partial charge in [0.25, 0.3) is 5.01 Å². The molecule has 2 aromatic rings. The van der Waals surface area contributed by atoms with E-state index >= 15 is 0 Å². The fraction of sp³-hybridized carbons (Fsp3) is 0.333. The number of aryl methyl sites for hydroxylation is 1. The molecule has 0 aliphatic heterocycles. The second-order valence-electron chi connectivity index (χ2n) is 4.69. The summed E-state index contributed by atoms with van der Waals surface area (Å²) in [6.07, 6.45) is 2.41. The third-order valence-electron chi connectivity index (χ3n) is 3.16. The van der Waals surface area contributed by atoms with Crippen LogP contribution in [-0.2, 0) is 16.6 Å². The molecule has 0 aliphatic carbocycles. The Labute approximate surface area is 139 Å². The highest BCUT2D eigenvalue weighted by atomic mass is 35.5. The first kappa shape index (κ1) is 18.0. The van der Waals surface area contributed by atoms with E-state index in [1.807, 2.05) is 32.2 Å². The third kappa shape index (κ3) is 4.19. The molecule has 2 rings (SSSR count). The molecular weight excluding hydrogens is 329 g/mol. The summed E-state index contributed by atoms with van der Waals surface area (Å²) in [5.41, 5.74) is 1.18. The first-order valence-corrected chi connectivity index (χ1v) is 7.54. The summed E-state index contributed by atoms with van der Waals surface area (Å²) in [6.45, 7) is 1.81. The average Bonchev–Trinajstić information content (AvgIpc) is 2.74. The Morgan fingerprint density at radius 3 is 2.76 bits per heavy atom. The molecule has 0 saturated heterocycles. The van der Waals surface area contributed by atoms with Crippen LogP contribution in [0.2, 0.25) is 0 Å². The number of carbonyl (C=O) groups excluding carboxylic acids is 1. The van der Waals surface area contributed by atoms with Crippen molar-refractivity contribution in [1.29, 1.82) is 0 Å². The van der Waals surface area contributed by atoms with Crippen LogP contribution in [0.3, 0.4) is 0 Å². The SMILES string of the molecule is COC(=O)C(C)CC(Cl)=Cc1sc2ccccc2[n+]1C.[Cl-]. The lowest BCUT2D eigenvalue weighted by Gasteiger charge is -2.06. The summed E-state index contributed by atoms with van der Waals surface area (Å²) in [5.74, 6) is -0.472. The molecular formula is C15H17Cl2NO2S. The molecule has 0 saturated carbocycles. The van der Waals surface area contributed by atoms with E-state index in [2.05, 4.69) is 16.7 Å². The molecule has 0 spiro atoms. The Balaban J connectivity index is 0.00000220. The number of rotatable bonds is 4. The minimum Gasteiger partial charge on any atom is -1.00 e. The van der Waals surface area contributed by atoms with Gasteiger partial charge in [-0.25, -0.2) is 0 Å². The van der Waals surface area contributed by atoms with Crippen LogP contribution < -0.4 is 17.0 Å². The number of hydrogen-bond acceptors (Lipinski definition) is 3. The molecule has 0 fully saturated rings. The van der Waals surface area contributed by atoms with E-state index in [0.29, 0.717) is 11.5 Å². The minimum absolute atomic E-state index is 0. The number of allylic oxidation sites excluding steroid dienone is 1. The number of benzene rings is 1. The Morgan fingerprint density at radius 1 is 1.48 bits per heavy atom. The lowest BCUT2D eigenvalue weighted by molar-refractivity contribution is -0.642. The molecule has 0 radical (unpaired) electrons. The van der Waals surface area contributed by atoms with Gasteiger partial charge in [-0.3, -0.25) is 4.79 Å². The van der Waals surface area contributed by atoms with E-state index in [0.717, 1.165) is 5.01 Å². The van der Waals surface area contributed by atoms with Crippen LogP contribution in [0.5, 0.6) is 0 Å². The van der Waals surface area contributed by atoms with Gasteiger partial charge in [-0.05, 0) is 12.5 Å². The molecule has 6 heteroatoms. The van der Waals surface area contributed by atoms with Gasteiger partial charge in [0.15, 0.2) is 0 Å². The van der Waals surface area contributed by atoms with Crippen LogP contribution >= 0.6 is 22.9 Å². The zero-order valence-electron chi connectivity index (χ0n) is 12.1. The highest BCUT2D eigenvalue weighted by Gasteiger charge is 2.18. The third-order valence-corrected chi connectivity index (χ3v) is 4.59. The van der Waals surface area contributed by atoms with Crippen LogP contribution in [0.25, 0.3) is 16.3 Å². The van der Waals surface area contributed by atoms with Crippen molar-refractivity contribution >= 4 is 45.2 Å². The number of para-hydroxylation sites is 1. The monoisotopic (exact) mass is 345 g/mol. The Bertz CT molecular complexity index is 667. The topological polar surface area (TPSA) is 30.2 Å². The summed E-state index contributed by atoms with van der Waals surface area (Å²) in [5, 5.41) is 1.72. The fourth-order valence-electron chi connectivity index (χ4n) is 2.02. The van der Waals surface area contributed by atoms with E-state index in [9.17, 15) is 4.79 Å². The van der Waals surface area contributed by atoms with Crippen LogP contribution in [0.4, 0.5) is 0 Å². The number of fused-ring (bicyclic) bond motifs is 1. The maximum atomic E-state index is 11.4. The van der Waals surface area contributed by atoms with Gasteiger partial charge in [0, 0.05) is 17.2 Å². The molecule has 0 N–H and O–H groups in total. The first-order chi connectivity index (χ1) is 9.52. The molecule has 21 heavy (non-hydrogen) atoms. The second-order valence-corrected chi connectivity index (χ2v) is 6.23. The number of nitrogens with zero attached hydrogens (tertiary/aromatic N) is 1. The molecule has 0 amide bonds. The predicted molar refractivity (Wildman–Crippen MR) is 82.6 cm³/mol. The summed E-state index contributed by atoms with van der Waals surface area (Å²) < 4.78 is 8.02. The van der Waals surface area contributed by atoms with Crippen molar-refractivity contribution in [3.8, 4) is 0 Å². The predicted octanol–water partition coefficient (Wildman–Crippen LogP) is 0.509. The molecule has 3 nitrogen and oxygen atoms in total. The van der Waals surface area contributed by atoms with Gasteiger partial charge < -0.3 is 17.1 Å². The molecule has 1 unspecified atom stereocenters. The number of esters is 1. The Hall–Kier alpha value is -1.10. The minimum atomic E-state index is -0.239. The standard InChI is InChI=1S/C15H17ClNO2S.ClH/c1-10(15(18)19-3)8-11(16)9-14-17(2)12-6-4-5-7-13(12)20-14;/h4-7,9-10H,8H2,1-3H3;1H/q+1;/p-1. The highest BCUT2D eigenvalue weighted by Crippen LogP contribution is 2.24. The lowest BCUT2D eigenvalue weighted by atomic mass is 10.1. The summed E-state index contributed by atoms with van der Waals surface area (Å²) in [7, 11) is 3.40. The van der Waals surface area contributed by atoms with Crippen molar-refractivity contribution < 1.29 is 26.5 Å². The molecule has 1 heterocycles. The average molecular weight is 346 g/mol. The number of carbonyl (C=O) groups is 1. The largest absolute Gasteiger partial charge is 1.00 e. The number of methoxy groups -OCH3 is 1. The first-order valence-electron chi connectivity index (χ1n) is 6.34. The maximum Gasteiger partial charge on any atom is 0.308 e. The van der Waals surface area contributed by atoms with Gasteiger partial charge in [0.1, 0.15) is 11.7 Å². The molecule has 0 bridgehead atoms. The van der Waals surface area contributed by atoms with Gasteiger partial charge in [0.2, 0.25) is 5.52 Å². The normalized spacial score (nSPS) is 12.9. The van der Waals surface area contributed by atoms with Crippen molar-refractivity contribution in [2.24, 2.45) is 13.0 Å². The lowest BCUT2D eigenvalue weighted by Crippen LogP contribution is -3.00. The van der Waals surface area contributed by atoms with Crippen LogP contribution in [0, 0.1) is 5.92 Å². The molecule has 1 atom stereocenters. The molecule has 1 aromatic carbocycles. The number of hydrogen-bond donors (Lipinski definition) is 0. The zero-order valence-corrected chi connectivity index (χ0v) is 14.4. The fourth-order valence-corrected chi connectivity index (χ4v) is 3.53. The van der Waals surface area contributed by atoms with Crippen LogP contribution in [0.1, 0.15) is 18.4 Å². The summed E-state index contributed by atoms with van der Waals surface area (Å²) in [4.78, 5) is 11.4. The number of halogens is 2. The van der Waals surface area contributed by atoms with Gasteiger partial charge in [-0.15, -0.1) is 0 Å². The number of thiazole rings is 1. The van der Waals surface area contributed by atoms with Gasteiger partial charge >= 0.3 is 5.97 Å². The molecule has 0 aliphatic rings. The number of ether oxygens (including phenoxy) is 1. The smallest absolute Gasteiger partial charge is 0.308 e. The van der Waals surface area contributed by atoms with Gasteiger partial charge in [0.05, 0.1) is 13.0 Å².